The molecule has 4 aliphatic rings. The summed E-state index contributed by atoms with van der Waals surface area (Å²) in [6.45, 7) is 10.6. The zero-order chi connectivity index (χ0) is 41.6. The molecule has 1 aliphatic heterocycles. The van der Waals surface area contributed by atoms with E-state index >= 15 is 0 Å². The van der Waals surface area contributed by atoms with Gasteiger partial charge in [0.1, 0.15) is 28.9 Å². The molecule has 1 heterocycles. The van der Waals surface area contributed by atoms with Gasteiger partial charge in [-0.05, 0) is 117 Å². The van der Waals surface area contributed by atoms with E-state index in [0.29, 0.717) is 36.7 Å². The molecule has 2 saturated carbocycles. The number of rotatable bonds is 18. The quantitative estimate of drug-likeness (QED) is 0.0748. The molecule has 318 valence electrons. The normalized spacial score (nSPS) is 25.8. The summed E-state index contributed by atoms with van der Waals surface area (Å²) in [6, 6.07) is 20.0. The Balaban J connectivity index is 1.38. The Labute approximate surface area is 351 Å². The molecule has 3 aromatic carbocycles. The molecule has 0 aromatic heterocycles. The lowest BCUT2D eigenvalue weighted by Crippen LogP contribution is -2.69. The van der Waals surface area contributed by atoms with Crippen LogP contribution in [-0.2, 0) is 14.4 Å². The predicted octanol–water partition coefficient (Wildman–Crippen LogP) is 10.5. The number of carbonyl (C=O) groups excluding carboxylic acids is 1. The third-order valence-electron chi connectivity index (χ3n) is 13.1. The van der Waals surface area contributed by atoms with Crippen molar-refractivity contribution in [3.8, 4) is 17.2 Å². The number of carbonyl (C=O) groups is 1. The van der Waals surface area contributed by atoms with Gasteiger partial charge in [0.25, 0.3) is 0 Å². The van der Waals surface area contributed by atoms with Crippen molar-refractivity contribution in [2.24, 2.45) is 28.8 Å². The van der Waals surface area contributed by atoms with Gasteiger partial charge in [-0.25, -0.2) is 0 Å². The minimum Gasteiger partial charge on any atom is -0.459 e. The van der Waals surface area contributed by atoms with Crippen LogP contribution in [0.5, 0.6) is 17.2 Å². The molecular formula is C50H66N2O7. The number of benzene rings is 3. The van der Waals surface area contributed by atoms with Gasteiger partial charge in [0.05, 0.1) is 18.2 Å². The molecular weight excluding hydrogens is 741 g/mol. The van der Waals surface area contributed by atoms with Crippen LogP contribution in [0.1, 0.15) is 116 Å². The largest absolute Gasteiger partial charge is 0.459 e. The number of fused-ring (bicyclic) bond motifs is 3. The zero-order valence-electron chi connectivity index (χ0n) is 35.7. The Bertz CT molecular complexity index is 1980. The van der Waals surface area contributed by atoms with Gasteiger partial charge in [-0.1, -0.05) is 86.2 Å². The number of aliphatic hydroxyl groups excluding tert-OH is 2. The number of ether oxygens (including phenoxy) is 3. The molecule has 3 aliphatic carbocycles. The highest BCUT2D eigenvalue weighted by molar-refractivity contribution is 6.03. The van der Waals surface area contributed by atoms with Crippen LogP contribution in [0.15, 0.2) is 90.1 Å². The van der Waals surface area contributed by atoms with E-state index in [0.717, 1.165) is 71.9 Å². The van der Waals surface area contributed by atoms with E-state index in [2.05, 4.69) is 43.0 Å². The molecule has 0 radical (unpaired) electrons. The fraction of sp³-hybridized carbons (Fsp3) is 0.560. The van der Waals surface area contributed by atoms with Crippen LogP contribution in [0.2, 0.25) is 0 Å². The van der Waals surface area contributed by atoms with E-state index in [4.69, 9.17) is 24.2 Å². The Hall–Kier alpha value is -4.18. The molecule has 0 bridgehead atoms. The summed E-state index contributed by atoms with van der Waals surface area (Å²) >= 11 is 0. The van der Waals surface area contributed by atoms with Gasteiger partial charge in [-0.2, -0.15) is 0 Å². The molecule has 3 aromatic rings. The van der Waals surface area contributed by atoms with Crippen LogP contribution in [0.4, 0.5) is 0 Å². The highest BCUT2D eigenvalue weighted by Crippen LogP contribution is 2.62. The Kier molecular flexibility index (Phi) is 13.8. The van der Waals surface area contributed by atoms with Crippen LogP contribution in [0.25, 0.3) is 10.8 Å². The number of hydrogen-bond acceptors (Lipinski definition) is 8. The van der Waals surface area contributed by atoms with Crippen LogP contribution >= 0.6 is 0 Å². The van der Waals surface area contributed by atoms with Gasteiger partial charge in [-0.3, -0.25) is 4.79 Å². The lowest BCUT2D eigenvalue weighted by atomic mass is 9.55. The molecule has 9 nitrogen and oxygen atoms in total. The summed E-state index contributed by atoms with van der Waals surface area (Å²) in [5.74, 6) is 1.38. The number of likely N-dealkylation sites (N-methyl/N-ethyl adjacent to an activating group) is 1. The van der Waals surface area contributed by atoms with E-state index in [1.165, 1.54) is 25.7 Å². The monoisotopic (exact) mass is 806 g/mol. The van der Waals surface area contributed by atoms with Crippen molar-refractivity contribution in [3.63, 3.8) is 0 Å². The SMILES string of the molecule is C=CCOC12Oc3ccc(Oc4ccc5ccccc5c4)cc3C3C(CCCCO)C(CCCCO)C=C(C(=NOC(C)(C)C)CC1N(C)C(=O)CCC1CCCC1)C32. The van der Waals surface area contributed by atoms with Crippen molar-refractivity contribution in [1.82, 2.24) is 4.90 Å². The van der Waals surface area contributed by atoms with Crippen molar-refractivity contribution >= 4 is 22.4 Å². The molecule has 1 amide bonds. The van der Waals surface area contributed by atoms with Gasteiger partial charge in [0.15, 0.2) is 0 Å². The van der Waals surface area contributed by atoms with E-state index in [9.17, 15) is 15.0 Å². The van der Waals surface area contributed by atoms with E-state index in [1.807, 2.05) is 63.1 Å². The van der Waals surface area contributed by atoms with Gasteiger partial charge in [0, 0.05) is 44.6 Å². The second-order valence-electron chi connectivity index (χ2n) is 18.3. The fourth-order valence-corrected chi connectivity index (χ4v) is 10.3. The first kappa shape index (κ1) is 42.9. The average molecular weight is 807 g/mol. The molecule has 0 saturated heterocycles. The molecule has 9 heteroatoms. The molecule has 6 atom stereocenters. The summed E-state index contributed by atoms with van der Waals surface area (Å²) in [7, 11) is 1.91. The van der Waals surface area contributed by atoms with Crippen molar-refractivity contribution < 1.29 is 34.1 Å². The summed E-state index contributed by atoms with van der Waals surface area (Å²) < 4.78 is 21.1. The first-order valence-corrected chi connectivity index (χ1v) is 22.2. The number of unbranched alkanes of at least 4 members (excludes halogenated alkanes) is 2. The molecule has 59 heavy (non-hydrogen) atoms. The smallest absolute Gasteiger partial charge is 0.239 e. The average Bonchev–Trinajstić information content (AvgIpc) is 3.76. The second-order valence-corrected chi connectivity index (χ2v) is 18.3. The highest BCUT2D eigenvalue weighted by atomic mass is 16.7. The first-order valence-electron chi connectivity index (χ1n) is 22.2. The zero-order valence-corrected chi connectivity index (χ0v) is 35.7. The summed E-state index contributed by atoms with van der Waals surface area (Å²) in [5, 5.41) is 27.1. The minimum absolute atomic E-state index is 0.0780. The molecule has 0 spiro atoms. The van der Waals surface area contributed by atoms with Crippen molar-refractivity contribution in [3.05, 3.63) is 90.5 Å². The number of aliphatic hydroxyl groups is 2. The lowest BCUT2D eigenvalue weighted by molar-refractivity contribution is -0.255. The highest BCUT2D eigenvalue weighted by Gasteiger charge is 2.65. The van der Waals surface area contributed by atoms with E-state index in [1.54, 1.807) is 6.08 Å². The lowest BCUT2D eigenvalue weighted by Gasteiger charge is -2.59. The van der Waals surface area contributed by atoms with Gasteiger partial charge in [0.2, 0.25) is 11.7 Å². The fourth-order valence-electron chi connectivity index (χ4n) is 10.3. The van der Waals surface area contributed by atoms with Gasteiger partial charge < -0.3 is 34.2 Å². The summed E-state index contributed by atoms with van der Waals surface area (Å²) in [5.41, 5.74) is 2.34. The number of allylic oxidation sites excluding steroid dienone is 1. The van der Waals surface area contributed by atoms with E-state index < -0.39 is 17.4 Å². The third-order valence-corrected chi connectivity index (χ3v) is 13.1. The van der Waals surface area contributed by atoms with Gasteiger partial charge >= 0.3 is 0 Å². The van der Waals surface area contributed by atoms with Crippen LogP contribution in [0.3, 0.4) is 0 Å². The van der Waals surface area contributed by atoms with Crippen LogP contribution in [-0.4, -0.2) is 71.0 Å². The van der Waals surface area contributed by atoms with Crippen molar-refractivity contribution in [1.29, 1.82) is 0 Å². The first-order chi connectivity index (χ1) is 28.5. The maximum atomic E-state index is 14.4. The molecule has 7 rings (SSSR count). The predicted molar refractivity (Wildman–Crippen MR) is 234 cm³/mol. The second kappa shape index (κ2) is 19.0. The minimum atomic E-state index is -1.26. The van der Waals surface area contributed by atoms with Crippen molar-refractivity contribution in [2.75, 3.05) is 26.9 Å². The maximum Gasteiger partial charge on any atom is 0.239 e. The molecule has 2 N–H and O–H groups in total. The summed E-state index contributed by atoms with van der Waals surface area (Å²) in [6.07, 6.45) is 15.7. The number of nitrogens with zero attached hydrogens (tertiary/aromatic N) is 2. The number of oxime groups is 1. The van der Waals surface area contributed by atoms with Crippen LogP contribution in [0, 0.1) is 23.7 Å². The van der Waals surface area contributed by atoms with Crippen LogP contribution < -0.4 is 9.47 Å². The molecule has 2 fully saturated rings. The maximum absolute atomic E-state index is 14.4. The summed E-state index contributed by atoms with van der Waals surface area (Å²) in [4.78, 5) is 22.5. The topological polar surface area (TPSA) is 110 Å². The number of hydrogen-bond donors (Lipinski definition) is 2. The Morgan fingerprint density at radius 2 is 1.66 bits per heavy atom. The van der Waals surface area contributed by atoms with Gasteiger partial charge in [-0.15, -0.1) is 6.58 Å². The molecule has 6 unspecified atom stereocenters. The Morgan fingerprint density at radius 1 is 0.949 bits per heavy atom. The third kappa shape index (κ3) is 9.58. The van der Waals surface area contributed by atoms with Crippen molar-refractivity contribution in [2.45, 2.75) is 128 Å². The Morgan fingerprint density at radius 3 is 2.39 bits per heavy atom. The number of amides is 1. The standard InChI is InChI=1S/C50H66N2O7/c1-6-29-56-50-45(52(5)46(55)26-21-34-15-7-8-16-34)33-43(51-59-49(2,3)4)41-31-37(19-11-13-27-53)40(20-12-14-28-54)47(48(41)50)42-32-39(24-25-44(42)58-50)57-38-23-22-35-17-9-10-18-36(35)30-38/h6,9-10,17-18,22-25,30-32,34,37,40,45,47-48,53-54H,1,7-8,11-16,19-21,26-29,33H2,2-5H3. The van der Waals surface area contributed by atoms with E-state index in [-0.39, 0.29) is 49.4 Å².